The van der Waals surface area contributed by atoms with Gasteiger partial charge in [-0.2, -0.15) is 0 Å². The first-order valence-electron chi connectivity index (χ1n) is 7.85. The van der Waals surface area contributed by atoms with E-state index in [9.17, 15) is 4.79 Å². The van der Waals surface area contributed by atoms with Gasteiger partial charge < -0.3 is 14.4 Å². The molecule has 1 aliphatic rings. The van der Waals surface area contributed by atoms with Crippen LogP contribution in [0.5, 0.6) is 5.75 Å². The van der Waals surface area contributed by atoms with E-state index in [2.05, 4.69) is 0 Å². The summed E-state index contributed by atoms with van der Waals surface area (Å²) < 4.78 is 11.0. The minimum absolute atomic E-state index is 0.0322. The van der Waals surface area contributed by atoms with Crippen LogP contribution in [0.1, 0.15) is 15.9 Å². The van der Waals surface area contributed by atoms with Crippen LogP contribution in [0.25, 0.3) is 0 Å². The zero-order valence-corrected chi connectivity index (χ0v) is 13.3. The molecule has 1 heterocycles. The van der Waals surface area contributed by atoms with E-state index in [1.807, 2.05) is 59.5 Å². The maximum absolute atomic E-state index is 12.5. The Morgan fingerprint density at radius 1 is 1.17 bits per heavy atom. The van der Waals surface area contributed by atoms with Crippen molar-refractivity contribution in [3.8, 4) is 5.75 Å². The normalized spacial score (nSPS) is 17.8. The van der Waals surface area contributed by atoms with Gasteiger partial charge in [-0.1, -0.05) is 30.3 Å². The highest BCUT2D eigenvalue weighted by Crippen LogP contribution is 2.17. The number of methoxy groups -OCH3 is 1. The lowest BCUT2D eigenvalue weighted by Gasteiger charge is -2.33. The average Bonchev–Trinajstić information content (AvgIpc) is 2.63. The van der Waals surface area contributed by atoms with Crippen molar-refractivity contribution in [3.05, 3.63) is 65.7 Å². The standard InChI is InChI=1S/C19H21NO3/c1-22-17-9-7-15(8-10-17)13-18-14-20(11-12-23-18)19(21)16-5-3-2-4-6-16/h2-10,18H,11-14H2,1H3/t18-/m1/s1. The summed E-state index contributed by atoms with van der Waals surface area (Å²) in [6, 6.07) is 17.4. The number of hydrogen-bond donors (Lipinski definition) is 0. The number of nitrogens with zero attached hydrogens (tertiary/aromatic N) is 1. The molecule has 2 aromatic carbocycles. The van der Waals surface area contributed by atoms with Gasteiger partial charge in [-0.05, 0) is 29.8 Å². The first-order valence-corrected chi connectivity index (χ1v) is 7.85. The highest BCUT2D eigenvalue weighted by atomic mass is 16.5. The van der Waals surface area contributed by atoms with Crippen LogP contribution in [0.4, 0.5) is 0 Å². The van der Waals surface area contributed by atoms with Gasteiger partial charge in [0.25, 0.3) is 5.91 Å². The van der Waals surface area contributed by atoms with Gasteiger partial charge in [0.1, 0.15) is 5.75 Å². The molecule has 120 valence electrons. The second-order valence-corrected chi connectivity index (χ2v) is 5.66. The van der Waals surface area contributed by atoms with E-state index < -0.39 is 0 Å². The maximum atomic E-state index is 12.5. The molecule has 0 saturated carbocycles. The number of hydrogen-bond acceptors (Lipinski definition) is 3. The Kier molecular flexibility index (Phi) is 4.93. The smallest absolute Gasteiger partial charge is 0.254 e. The van der Waals surface area contributed by atoms with E-state index in [1.54, 1.807) is 7.11 Å². The lowest BCUT2D eigenvalue weighted by atomic mass is 10.1. The Bertz CT molecular complexity index is 639. The number of benzene rings is 2. The SMILES string of the molecule is COc1ccc(C[C@@H]2CN(C(=O)c3ccccc3)CCO2)cc1. The Labute approximate surface area is 136 Å². The van der Waals surface area contributed by atoms with Crippen LogP contribution in [0.2, 0.25) is 0 Å². The molecule has 1 aliphatic heterocycles. The molecule has 0 bridgehead atoms. The van der Waals surface area contributed by atoms with Crippen molar-refractivity contribution in [1.29, 1.82) is 0 Å². The highest BCUT2D eigenvalue weighted by molar-refractivity contribution is 5.94. The van der Waals surface area contributed by atoms with E-state index in [0.717, 1.165) is 17.7 Å². The molecule has 0 N–H and O–H groups in total. The summed E-state index contributed by atoms with van der Waals surface area (Å²) in [6.45, 7) is 1.85. The summed E-state index contributed by atoms with van der Waals surface area (Å²) in [5.74, 6) is 0.924. The molecule has 1 fully saturated rings. The van der Waals surface area contributed by atoms with Crippen molar-refractivity contribution in [3.63, 3.8) is 0 Å². The molecule has 1 amide bonds. The quantitative estimate of drug-likeness (QED) is 0.871. The van der Waals surface area contributed by atoms with E-state index in [0.29, 0.717) is 19.7 Å². The number of ether oxygens (including phenoxy) is 2. The molecule has 4 heteroatoms. The summed E-state index contributed by atoms with van der Waals surface area (Å²) in [5.41, 5.74) is 1.92. The topological polar surface area (TPSA) is 38.8 Å². The Hall–Kier alpha value is -2.33. The molecule has 0 spiro atoms. The van der Waals surface area contributed by atoms with Gasteiger partial charge in [0.05, 0.1) is 19.8 Å². The molecule has 2 aromatic rings. The van der Waals surface area contributed by atoms with Gasteiger partial charge >= 0.3 is 0 Å². The fourth-order valence-corrected chi connectivity index (χ4v) is 2.82. The van der Waals surface area contributed by atoms with Crippen molar-refractivity contribution < 1.29 is 14.3 Å². The second kappa shape index (κ2) is 7.29. The first kappa shape index (κ1) is 15.6. The van der Waals surface area contributed by atoms with Crippen LogP contribution in [-0.4, -0.2) is 43.7 Å². The Morgan fingerprint density at radius 2 is 1.91 bits per heavy atom. The zero-order valence-electron chi connectivity index (χ0n) is 13.3. The highest BCUT2D eigenvalue weighted by Gasteiger charge is 2.25. The van der Waals surface area contributed by atoms with Gasteiger partial charge in [0, 0.05) is 25.1 Å². The van der Waals surface area contributed by atoms with E-state index >= 15 is 0 Å². The molecule has 0 aliphatic carbocycles. The summed E-state index contributed by atoms with van der Waals surface area (Å²) in [4.78, 5) is 14.4. The van der Waals surface area contributed by atoms with Crippen LogP contribution in [0.15, 0.2) is 54.6 Å². The summed E-state index contributed by atoms with van der Waals surface area (Å²) in [6.07, 6.45) is 0.826. The third-order valence-corrected chi connectivity index (χ3v) is 4.07. The Balaban J connectivity index is 1.62. The lowest BCUT2D eigenvalue weighted by Crippen LogP contribution is -2.46. The van der Waals surface area contributed by atoms with Crippen LogP contribution < -0.4 is 4.74 Å². The third-order valence-electron chi connectivity index (χ3n) is 4.07. The van der Waals surface area contributed by atoms with E-state index in [-0.39, 0.29) is 12.0 Å². The van der Waals surface area contributed by atoms with Crippen LogP contribution in [-0.2, 0) is 11.2 Å². The molecular formula is C19H21NO3. The zero-order chi connectivity index (χ0) is 16.1. The van der Waals surface area contributed by atoms with Gasteiger partial charge in [0.15, 0.2) is 0 Å². The molecule has 0 radical (unpaired) electrons. The fraction of sp³-hybridized carbons (Fsp3) is 0.316. The van der Waals surface area contributed by atoms with Crippen molar-refractivity contribution in [2.45, 2.75) is 12.5 Å². The molecule has 3 rings (SSSR count). The molecule has 0 unspecified atom stereocenters. The molecule has 23 heavy (non-hydrogen) atoms. The monoisotopic (exact) mass is 311 g/mol. The second-order valence-electron chi connectivity index (χ2n) is 5.66. The van der Waals surface area contributed by atoms with Crippen LogP contribution >= 0.6 is 0 Å². The Morgan fingerprint density at radius 3 is 2.61 bits per heavy atom. The van der Waals surface area contributed by atoms with Gasteiger partial charge in [0.2, 0.25) is 0 Å². The van der Waals surface area contributed by atoms with Gasteiger partial charge in [-0.25, -0.2) is 0 Å². The first-order chi connectivity index (χ1) is 11.3. The average molecular weight is 311 g/mol. The largest absolute Gasteiger partial charge is 0.497 e. The predicted octanol–water partition coefficient (Wildman–Crippen LogP) is 2.78. The van der Waals surface area contributed by atoms with Crippen molar-refractivity contribution >= 4 is 5.91 Å². The summed E-state index contributed by atoms with van der Waals surface area (Å²) >= 11 is 0. The molecule has 1 atom stereocenters. The summed E-state index contributed by atoms with van der Waals surface area (Å²) in [5, 5.41) is 0. The van der Waals surface area contributed by atoms with Gasteiger partial charge in [-0.3, -0.25) is 4.79 Å². The fourth-order valence-electron chi connectivity index (χ4n) is 2.82. The van der Waals surface area contributed by atoms with Crippen molar-refractivity contribution in [2.75, 3.05) is 26.8 Å². The number of carbonyl (C=O) groups excluding carboxylic acids is 1. The summed E-state index contributed by atoms with van der Waals surface area (Å²) in [7, 11) is 1.66. The lowest BCUT2D eigenvalue weighted by molar-refractivity contribution is -0.0208. The predicted molar refractivity (Wildman–Crippen MR) is 88.8 cm³/mol. The minimum atomic E-state index is 0.0322. The van der Waals surface area contributed by atoms with Crippen molar-refractivity contribution in [1.82, 2.24) is 4.90 Å². The van der Waals surface area contributed by atoms with Crippen molar-refractivity contribution in [2.24, 2.45) is 0 Å². The molecule has 1 saturated heterocycles. The maximum Gasteiger partial charge on any atom is 0.254 e. The number of carbonyl (C=O) groups is 1. The van der Waals surface area contributed by atoms with E-state index in [1.165, 1.54) is 5.56 Å². The number of amides is 1. The van der Waals surface area contributed by atoms with Crippen LogP contribution in [0, 0.1) is 0 Å². The number of rotatable bonds is 4. The minimum Gasteiger partial charge on any atom is -0.497 e. The number of morpholine rings is 1. The van der Waals surface area contributed by atoms with Crippen LogP contribution in [0.3, 0.4) is 0 Å². The third kappa shape index (κ3) is 3.90. The van der Waals surface area contributed by atoms with E-state index in [4.69, 9.17) is 9.47 Å². The molecule has 4 nitrogen and oxygen atoms in total. The molecular weight excluding hydrogens is 290 g/mol. The molecule has 0 aromatic heterocycles. The van der Waals surface area contributed by atoms with Gasteiger partial charge in [-0.15, -0.1) is 0 Å².